The van der Waals surface area contributed by atoms with Crippen molar-refractivity contribution >= 4 is 29.1 Å². The number of carbonyl (C=O) groups excluding carboxylic acids is 1. The van der Waals surface area contributed by atoms with Gasteiger partial charge in [0.2, 0.25) is 0 Å². The maximum absolute atomic E-state index is 13.3. The fourth-order valence-corrected chi connectivity index (χ4v) is 8.95. The molecule has 0 bridgehead atoms. The van der Waals surface area contributed by atoms with Crippen LogP contribution in [0.1, 0.15) is 21.5 Å². The molecule has 5 aromatic carbocycles. The number of hydrogen-bond donors (Lipinski definition) is 0. The SMILES string of the molecule is O=C(OCc1ccccc1)c1ccccc1C[P+](c1ccccc1)(c1ccccc1)c1ccccc1.[Br-]. The molecule has 0 radical (unpaired) electrons. The monoisotopic (exact) mass is 566 g/mol. The molecule has 37 heavy (non-hydrogen) atoms. The Bertz CT molecular complexity index is 1310. The van der Waals surface area contributed by atoms with Gasteiger partial charge in [-0.05, 0) is 48.0 Å². The summed E-state index contributed by atoms with van der Waals surface area (Å²) in [5, 5.41) is 3.86. The Morgan fingerprint density at radius 2 is 0.946 bits per heavy atom. The van der Waals surface area contributed by atoms with Crippen LogP contribution in [0.2, 0.25) is 0 Å². The zero-order valence-electron chi connectivity index (χ0n) is 20.4. The van der Waals surface area contributed by atoms with Gasteiger partial charge < -0.3 is 21.7 Å². The second kappa shape index (κ2) is 12.6. The van der Waals surface area contributed by atoms with Crippen LogP contribution < -0.4 is 32.9 Å². The maximum atomic E-state index is 13.3. The Hall–Kier alpha value is -3.52. The molecule has 5 rings (SSSR count). The van der Waals surface area contributed by atoms with E-state index in [1.807, 2.05) is 48.5 Å². The van der Waals surface area contributed by atoms with Gasteiger partial charge in [-0.15, -0.1) is 0 Å². The number of benzene rings is 5. The van der Waals surface area contributed by atoms with E-state index < -0.39 is 7.26 Å². The van der Waals surface area contributed by atoms with Gasteiger partial charge in [0.25, 0.3) is 0 Å². The third-order valence-corrected chi connectivity index (χ3v) is 10.8. The van der Waals surface area contributed by atoms with Gasteiger partial charge in [0.1, 0.15) is 29.8 Å². The molecule has 0 heterocycles. The second-order valence-electron chi connectivity index (χ2n) is 8.69. The highest BCUT2D eigenvalue weighted by Gasteiger charge is 2.46. The van der Waals surface area contributed by atoms with Crippen molar-refractivity contribution in [3.63, 3.8) is 0 Å². The summed E-state index contributed by atoms with van der Waals surface area (Å²) in [7, 11) is -2.13. The van der Waals surface area contributed by atoms with Crippen LogP contribution in [0.4, 0.5) is 0 Å². The first kappa shape index (κ1) is 26.5. The van der Waals surface area contributed by atoms with E-state index in [2.05, 4.69) is 97.1 Å². The maximum Gasteiger partial charge on any atom is 0.338 e. The number of ether oxygens (including phenoxy) is 1. The Labute approximate surface area is 230 Å². The van der Waals surface area contributed by atoms with Crippen LogP contribution in [0.15, 0.2) is 146 Å². The van der Waals surface area contributed by atoms with E-state index in [4.69, 9.17) is 4.74 Å². The van der Waals surface area contributed by atoms with Crippen LogP contribution in [0.25, 0.3) is 0 Å². The van der Waals surface area contributed by atoms with Gasteiger partial charge in [0.15, 0.2) is 0 Å². The molecule has 0 unspecified atom stereocenters. The third kappa shape index (κ3) is 5.91. The molecular weight excluding hydrogens is 539 g/mol. The Kier molecular flexibility index (Phi) is 9.06. The molecule has 0 saturated heterocycles. The van der Waals surface area contributed by atoms with Crippen LogP contribution in [0, 0.1) is 0 Å². The zero-order chi connectivity index (χ0) is 24.6. The Morgan fingerprint density at radius 3 is 1.43 bits per heavy atom. The van der Waals surface area contributed by atoms with Gasteiger partial charge in [-0.3, -0.25) is 0 Å². The van der Waals surface area contributed by atoms with Gasteiger partial charge in [-0.1, -0.05) is 103 Å². The van der Waals surface area contributed by atoms with Crippen molar-refractivity contribution in [1.82, 2.24) is 0 Å². The minimum Gasteiger partial charge on any atom is -1.00 e. The summed E-state index contributed by atoms with van der Waals surface area (Å²) in [5.41, 5.74) is 2.60. The van der Waals surface area contributed by atoms with E-state index in [1.165, 1.54) is 15.9 Å². The molecule has 0 fully saturated rings. The molecule has 0 saturated carbocycles. The highest BCUT2D eigenvalue weighted by molar-refractivity contribution is 7.95. The first-order valence-electron chi connectivity index (χ1n) is 12.1. The topological polar surface area (TPSA) is 26.3 Å². The van der Waals surface area contributed by atoms with Gasteiger partial charge in [-0.25, -0.2) is 4.79 Å². The van der Waals surface area contributed by atoms with Crippen molar-refractivity contribution in [2.75, 3.05) is 0 Å². The molecule has 0 atom stereocenters. The lowest BCUT2D eigenvalue weighted by Crippen LogP contribution is -3.00. The van der Waals surface area contributed by atoms with Crippen molar-refractivity contribution in [3.8, 4) is 0 Å². The molecule has 4 heteroatoms. The molecule has 5 aromatic rings. The fraction of sp³-hybridized carbons (Fsp3) is 0.0606. The van der Waals surface area contributed by atoms with E-state index in [0.29, 0.717) is 5.56 Å². The molecule has 2 nitrogen and oxygen atoms in total. The zero-order valence-corrected chi connectivity index (χ0v) is 22.9. The van der Waals surface area contributed by atoms with Crippen molar-refractivity contribution < 1.29 is 26.5 Å². The average molecular weight is 567 g/mol. The number of rotatable bonds is 8. The van der Waals surface area contributed by atoms with Gasteiger partial charge in [-0.2, -0.15) is 0 Å². The summed E-state index contributed by atoms with van der Waals surface area (Å²) < 4.78 is 5.76. The summed E-state index contributed by atoms with van der Waals surface area (Å²) in [6, 6.07) is 49.9. The quantitative estimate of drug-likeness (QED) is 0.212. The number of esters is 1. The number of hydrogen-bond acceptors (Lipinski definition) is 2. The summed E-state index contributed by atoms with van der Waals surface area (Å²) in [6.45, 7) is 0.254. The van der Waals surface area contributed by atoms with E-state index >= 15 is 0 Å². The molecule has 0 N–H and O–H groups in total. The molecule has 0 aliphatic heterocycles. The van der Waals surface area contributed by atoms with Gasteiger partial charge >= 0.3 is 5.97 Å². The van der Waals surface area contributed by atoms with E-state index in [9.17, 15) is 4.79 Å². The normalized spacial score (nSPS) is 10.8. The van der Waals surface area contributed by atoms with Gasteiger partial charge in [0.05, 0.1) is 11.7 Å². The molecular formula is C33H28BrO2P. The lowest BCUT2D eigenvalue weighted by Gasteiger charge is -2.28. The molecule has 0 amide bonds. The minimum atomic E-state index is -2.13. The van der Waals surface area contributed by atoms with Crippen molar-refractivity contribution in [2.24, 2.45) is 0 Å². The largest absolute Gasteiger partial charge is 1.00 e. The smallest absolute Gasteiger partial charge is 0.338 e. The Morgan fingerprint density at radius 1 is 0.541 bits per heavy atom. The molecule has 0 spiro atoms. The highest BCUT2D eigenvalue weighted by atomic mass is 79.9. The summed E-state index contributed by atoms with van der Waals surface area (Å²) >= 11 is 0. The molecule has 0 aliphatic carbocycles. The van der Waals surface area contributed by atoms with E-state index in [0.717, 1.165) is 17.3 Å². The predicted octanol–water partition coefficient (Wildman–Crippen LogP) is 3.54. The Balaban J connectivity index is 0.00000320. The first-order valence-corrected chi connectivity index (χ1v) is 14.1. The van der Waals surface area contributed by atoms with Crippen LogP contribution >= 0.6 is 7.26 Å². The lowest BCUT2D eigenvalue weighted by atomic mass is 10.1. The van der Waals surface area contributed by atoms with Gasteiger partial charge in [0, 0.05) is 5.56 Å². The lowest BCUT2D eigenvalue weighted by molar-refractivity contribution is -0.0000254. The molecule has 0 aromatic heterocycles. The third-order valence-electron chi connectivity index (χ3n) is 6.45. The average Bonchev–Trinajstić information content (AvgIpc) is 2.97. The van der Waals surface area contributed by atoms with Crippen LogP contribution in [0.5, 0.6) is 0 Å². The predicted molar refractivity (Wildman–Crippen MR) is 151 cm³/mol. The first-order chi connectivity index (χ1) is 17.8. The van der Waals surface area contributed by atoms with Crippen LogP contribution in [-0.2, 0) is 17.5 Å². The van der Waals surface area contributed by atoms with Crippen LogP contribution in [-0.4, -0.2) is 5.97 Å². The summed E-state index contributed by atoms with van der Waals surface area (Å²) in [5.74, 6) is -0.290. The standard InChI is InChI=1S/C33H28O2P.BrH/c34-33(35-25-27-15-5-1-6-16-27)32-24-14-13-17-28(32)26-36(29-18-7-2-8-19-29,30-20-9-3-10-21-30)31-22-11-4-12-23-31;/h1-24H,25-26H2;1H/q+1;/p-1. The van der Waals surface area contributed by atoms with Crippen molar-refractivity contribution in [1.29, 1.82) is 0 Å². The van der Waals surface area contributed by atoms with E-state index in [1.54, 1.807) is 0 Å². The highest BCUT2D eigenvalue weighted by Crippen LogP contribution is 2.58. The van der Waals surface area contributed by atoms with Crippen molar-refractivity contribution in [3.05, 3.63) is 162 Å². The minimum absolute atomic E-state index is 0. The number of halogens is 1. The fourth-order valence-electron chi connectivity index (χ4n) is 4.68. The summed E-state index contributed by atoms with van der Waals surface area (Å²) in [6.07, 6.45) is 0.724. The van der Waals surface area contributed by atoms with E-state index in [-0.39, 0.29) is 29.6 Å². The molecule has 184 valence electrons. The van der Waals surface area contributed by atoms with Crippen LogP contribution in [0.3, 0.4) is 0 Å². The second-order valence-corrected chi connectivity index (χ2v) is 12.2. The summed E-state index contributed by atoms with van der Waals surface area (Å²) in [4.78, 5) is 13.3. The molecule has 0 aliphatic rings. The number of carbonyl (C=O) groups is 1. The van der Waals surface area contributed by atoms with Crippen molar-refractivity contribution in [2.45, 2.75) is 12.8 Å².